The number of amides is 1. The molecule has 6 nitrogen and oxygen atoms in total. The summed E-state index contributed by atoms with van der Waals surface area (Å²) < 4.78 is 0. The van der Waals surface area contributed by atoms with Crippen molar-refractivity contribution < 1.29 is 4.79 Å². The van der Waals surface area contributed by atoms with Crippen molar-refractivity contribution in [2.45, 2.75) is 39.2 Å². The fraction of sp³-hybridized carbons (Fsp3) is 0.818. The summed E-state index contributed by atoms with van der Waals surface area (Å²) >= 11 is 0. The predicted octanol–water partition coefficient (Wildman–Crippen LogP) is -0.184. The first-order valence-electron chi connectivity index (χ1n) is 6.11. The molecule has 4 N–H and O–H groups in total. The summed E-state index contributed by atoms with van der Waals surface area (Å²) in [7, 11) is 0. The zero-order valence-electron chi connectivity index (χ0n) is 10.9. The van der Waals surface area contributed by atoms with Crippen LogP contribution in [0.15, 0.2) is 4.99 Å². The molecule has 0 saturated carbocycles. The van der Waals surface area contributed by atoms with Crippen molar-refractivity contribution in [3.05, 3.63) is 0 Å². The molecule has 17 heavy (non-hydrogen) atoms. The van der Waals surface area contributed by atoms with E-state index in [0.717, 1.165) is 19.4 Å². The highest BCUT2D eigenvalue weighted by atomic mass is 16.2. The quantitative estimate of drug-likeness (QED) is 0.210. The van der Waals surface area contributed by atoms with Crippen molar-refractivity contribution in [3.63, 3.8) is 0 Å². The molecule has 0 unspecified atom stereocenters. The highest BCUT2D eigenvalue weighted by molar-refractivity contribution is 5.92. The van der Waals surface area contributed by atoms with Crippen molar-refractivity contribution in [2.75, 3.05) is 19.6 Å². The minimum Gasteiger partial charge on any atom is -0.352 e. The Balaban J connectivity index is 2.79. The number of nitrogens with zero attached hydrogens (tertiary/aromatic N) is 2. The normalized spacial score (nSPS) is 20.1. The van der Waals surface area contributed by atoms with E-state index in [9.17, 15) is 4.79 Å². The number of guanidine groups is 1. The number of hydrogen-bond acceptors (Lipinski definition) is 3. The van der Waals surface area contributed by atoms with Crippen LogP contribution in [0.5, 0.6) is 0 Å². The summed E-state index contributed by atoms with van der Waals surface area (Å²) in [5.74, 6) is 6.10. The number of hydrogen-bond donors (Lipinski definition) is 3. The van der Waals surface area contributed by atoms with Crippen molar-refractivity contribution in [3.8, 4) is 0 Å². The van der Waals surface area contributed by atoms with E-state index in [4.69, 9.17) is 5.84 Å². The monoisotopic (exact) mass is 241 g/mol. The fourth-order valence-corrected chi connectivity index (χ4v) is 1.82. The number of carbonyl (C=O) groups is 1. The van der Waals surface area contributed by atoms with Crippen LogP contribution in [0.3, 0.4) is 0 Å². The van der Waals surface area contributed by atoms with E-state index >= 15 is 0 Å². The topological polar surface area (TPSA) is 82.8 Å². The molecule has 1 amide bonds. The van der Waals surface area contributed by atoms with Gasteiger partial charge in [-0.3, -0.25) is 15.2 Å². The van der Waals surface area contributed by atoms with Crippen LogP contribution in [0.25, 0.3) is 0 Å². The van der Waals surface area contributed by atoms with Gasteiger partial charge in [-0.25, -0.2) is 5.84 Å². The van der Waals surface area contributed by atoms with E-state index in [1.807, 2.05) is 18.7 Å². The lowest BCUT2D eigenvalue weighted by Gasteiger charge is -2.42. The predicted molar refractivity (Wildman–Crippen MR) is 68.3 cm³/mol. The first kappa shape index (κ1) is 13.8. The summed E-state index contributed by atoms with van der Waals surface area (Å²) in [6, 6.07) is 0. The molecule has 1 heterocycles. The Kier molecular flexibility index (Phi) is 4.74. The van der Waals surface area contributed by atoms with Crippen LogP contribution in [0, 0.1) is 0 Å². The molecule has 0 radical (unpaired) electrons. The van der Waals surface area contributed by atoms with Gasteiger partial charge in [0, 0.05) is 19.6 Å². The zero-order chi connectivity index (χ0) is 12.9. The van der Waals surface area contributed by atoms with E-state index in [-0.39, 0.29) is 5.91 Å². The van der Waals surface area contributed by atoms with Crippen LogP contribution >= 0.6 is 0 Å². The molecular formula is C11H23N5O. The fourth-order valence-electron chi connectivity index (χ4n) is 1.82. The molecule has 6 heteroatoms. The van der Waals surface area contributed by atoms with E-state index in [1.54, 1.807) is 0 Å². The summed E-state index contributed by atoms with van der Waals surface area (Å²) in [5, 5.41) is 2.84. The van der Waals surface area contributed by atoms with Gasteiger partial charge >= 0.3 is 0 Å². The van der Waals surface area contributed by atoms with Crippen LogP contribution in [0.2, 0.25) is 0 Å². The number of rotatable bonds is 3. The van der Waals surface area contributed by atoms with Gasteiger partial charge in [0.25, 0.3) is 0 Å². The average molecular weight is 241 g/mol. The molecule has 1 saturated heterocycles. The maximum atomic E-state index is 11.8. The van der Waals surface area contributed by atoms with Gasteiger partial charge in [-0.1, -0.05) is 13.3 Å². The highest BCUT2D eigenvalue weighted by Crippen LogP contribution is 2.17. The summed E-state index contributed by atoms with van der Waals surface area (Å²) in [6.07, 6.45) is 2.11. The van der Waals surface area contributed by atoms with Gasteiger partial charge in [0.2, 0.25) is 11.9 Å². The number of aliphatic imine (C=N–C) groups is 1. The standard InChI is InChI=1S/C11H23N5O/c1-4-5-6-14-10(15-12)16-8-7-13-9(17)11(16,2)3/h4-8,12H2,1-3H3,(H,13,17)(H,14,15). The number of carbonyl (C=O) groups excluding carboxylic acids is 1. The lowest BCUT2D eigenvalue weighted by atomic mass is 9.99. The minimum atomic E-state index is -0.615. The Labute approximate surface area is 103 Å². The largest absolute Gasteiger partial charge is 0.352 e. The molecule has 1 aliphatic heterocycles. The summed E-state index contributed by atoms with van der Waals surface area (Å²) in [5.41, 5.74) is 1.99. The van der Waals surface area contributed by atoms with Crippen LogP contribution in [0.1, 0.15) is 33.6 Å². The van der Waals surface area contributed by atoms with Gasteiger partial charge in [-0.05, 0) is 20.3 Å². The Bertz CT molecular complexity index is 300. The molecule has 0 atom stereocenters. The Hall–Kier alpha value is -1.30. The lowest BCUT2D eigenvalue weighted by molar-refractivity contribution is -0.132. The van der Waals surface area contributed by atoms with Crippen LogP contribution in [0.4, 0.5) is 0 Å². The van der Waals surface area contributed by atoms with E-state index in [1.165, 1.54) is 0 Å². The first-order valence-corrected chi connectivity index (χ1v) is 6.11. The number of hydrazine groups is 1. The van der Waals surface area contributed by atoms with Gasteiger partial charge in [-0.15, -0.1) is 0 Å². The molecule has 1 aliphatic rings. The molecule has 0 bridgehead atoms. The summed E-state index contributed by atoms with van der Waals surface area (Å²) in [6.45, 7) is 7.92. The Morgan fingerprint density at radius 1 is 1.65 bits per heavy atom. The van der Waals surface area contributed by atoms with Gasteiger partial charge < -0.3 is 10.2 Å². The third-order valence-corrected chi connectivity index (χ3v) is 3.01. The Morgan fingerprint density at radius 3 is 2.94 bits per heavy atom. The van der Waals surface area contributed by atoms with Crippen LogP contribution in [-0.4, -0.2) is 41.9 Å². The van der Waals surface area contributed by atoms with Gasteiger partial charge in [0.1, 0.15) is 5.54 Å². The van der Waals surface area contributed by atoms with Gasteiger partial charge in [-0.2, -0.15) is 0 Å². The number of nitrogens with one attached hydrogen (secondary N) is 2. The molecule has 1 fully saturated rings. The molecule has 1 rings (SSSR count). The van der Waals surface area contributed by atoms with Crippen molar-refractivity contribution >= 4 is 11.9 Å². The minimum absolute atomic E-state index is 0.00203. The summed E-state index contributed by atoms with van der Waals surface area (Å²) in [4.78, 5) is 18.1. The average Bonchev–Trinajstić information content (AvgIpc) is 2.29. The van der Waals surface area contributed by atoms with Crippen LogP contribution in [-0.2, 0) is 4.79 Å². The maximum absolute atomic E-state index is 11.8. The van der Waals surface area contributed by atoms with E-state index < -0.39 is 5.54 Å². The van der Waals surface area contributed by atoms with Crippen molar-refractivity contribution in [1.82, 2.24) is 15.6 Å². The van der Waals surface area contributed by atoms with Crippen LogP contribution < -0.4 is 16.6 Å². The second-order valence-corrected chi connectivity index (χ2v) is 4.67. The molecular weight excluding hydrogens is 218 g/mol. The molecule has 0 aromatic rings. The van der Waals surface area contributed by atoms with E-state index in [2.05, 4.69) is 22.7 Å². The second-order valence-electron chi connectivity index (χ2n) is 4.67. The van der Waals surface area contributed by atoms with Crippen molar-refractivity contribution in [2.24, 2.45) is 10.8 Å². The number of piperazine rings is 1. The molecule has 0 spiro atoms. The molecule has 0 aromatic carbocycles. The maximum Gasteiger partial charge on any atom is 0.245 e. The first-order chi connectivity index (χ1) is 8.04. The molecule has 0 aromatic heterocycles. The third kappa shape index (κ3) is 3.09. The lowest BCUT2D eigenvalue weighted by Crippen LogP contribution is -2.66. The number of unbranched alkanes of at least 4 members (excludes halogenated alkanes) is 1. The smallest absolute Gasteiger partial charge is 0.245 e. The third-order valence-electron chi connectivity index (χ3n) is 3.01. The number of nitrogens with two attached hydrogens (primary N) is 1. The highest BCUT2D eigenvalue weighted by Gasteiger charge is 2.39. The molecule has 0 aliphatic carbocycles. The second kappa shape index (κ2) is 5.86. The Morgan fingerprint density at radius 2 is 2.35 bits per heavy atom. The van der Waals surface area contributed by atoms with Gasteiger partial charge in [0.15, 0.2) is 0 Å². The molecule has 98 valence electrons. The van der Waals surface area contributed by atoms with Crippen molar-refractivity contribution in [1.29, 1.82) is 0 Å². The van der Waals surface area contributed by atoms with Gasteiger partial charge in [0.05, 0.1) is 0 Å². The SMILES string of the molecule is CCCCN=C(NN)N1CCNC(=O)C1(C)C. The zero-order valence-corrected chi connectivity index (χ0v) is 10.9. The van der Waals surface area contributed by atoms with E-state index in [0.29, 0.717) is 19.0 Å².